The quantitative estimate of drug-likeness (QED) is 0.149. The van der Waals surface area contributed by atoms with E-state index in [1.54, 1.807) is 58.3 Å². The molecule has 5 rings (SSSR count). The molecule has 0 aliphatic heterocycles. The molecule has 196 valence electrons. The van der Waals surface area contributed by atoms with E-state index in [1.165, 1.54) is 24.3 Å². The van der Waals surface area contributed by atoms with Gasteiger partial charge < -0.3 is 4.90 Å². The molecule has 0 aromatic heterocycles. The van der Waals surface area contributed by atoms with E-state index < -0.39 is 9.85 Å². The van der Waals surface area contributed by atoms with E-state index in [0.717, 1.165) is 11.4 Å². The summed E-state index contributed by atoms with van der Waals surface area (Å²) in [6.07, 6.45) is 0. The molecule has 0 spiro atoms. The molecule has 0 aliphatic rings. The van der Waals surface area contributed by atoms with Gasteiger partial charge in [0, 0.05) is 58.3 Å². The highest BCUT2D eigenvalue weighted by Crippen LogP contribution is 2.36. The van der Waals surface area contributed by atoms with Crippen LogP contribution in [0.4, 0.5) is 39.8 Å². The summed E-state index contributed by atoms with van der Waals surface area (Å²) < 4.78 is 0. The highest BCUT2D eigenvalue weighted by atomic mass is 16.6. The lowest BCUT2D eigenvalue weighted by molar-refractivity contribution is -0.385. The van der Waals surface area contributed by atoms with Crippen molar-refractivity contribution in [3.63, 3.8) is 0 Å². The van der Waals surface area contributed by atoms with Crippen molar-refractivity contribution >= 4 is 45.7 Å². The molecule has 0 N–H and O–H groups in total. The van der Waals surface area contributed by atoms with Crippen molar-refractivity contribution in [2.45, 2.75) is 0 Å². The second kappa shape index (κ2) is 11.3. The Morgan fingerprint density at radius 1 is 0.475 bits per heavy atom. The largest absolute Gasteiger partial charge is 0.310 e. The first kappa shape index (κ1) is 25.8. The van der Waals surface area contributed by atoms with Crippen LogP contribution in [0.25, 0.3) is 0 Å². The Bertz CT molecular complexity index is 1540. The monoisotopic (exact) mass is 530 g/mol. The van der Waals surface area contributed by atoms with Crippen LogP contribution in [-0.4, -0.2) is 15.8 Å². The lowest BCUT2D eigenvalue weighted by Gasteiger charge is -2.26. The van der Waals surface area contributed by atoms with Crippen LogP contribution in [0.5, 0.6) is 0 Å². The maximum absolute atomic E-state index is 13.8. The minimum absolute atomic E-state index is 0.0599. The number of amides is 1. The van der Waals surface area contributed by atoms with Gasteiger partial charge in [0.2, 0.25) is 0 Å². The molecule has 40 heavy (non-hydrogen) atoms. The lowest BCUT2D eigenvalue weighted by atomic mass is 10.1. The van der Waals surface area contributed by atoms with Crippen LogP contribution in [0.2, 0.25) is 0 Å². The average molecular weight is 531 g/mol. The van der Waals surface area contributed by atoms with Gasteiger partial charge in [0.15, 0.2) is 0 Å². The Labute approximate surface area is 229 Å². The van der Waals surface area contributed by atoms with Gasteiger partial charge in [-0.3, -0.25) is 29.9 Å². The van der Waals surface area contributed by atoms with Gasteiger partial charge in [0.25, 0.3) is 17.3 Å². The molecular weight excluding hydrogens is 508 g/mol. The van der Waals surface area contributed by atoms with E-state index in [9.17, 15) is 25.0 Å². The van der Waals surface area contributed by atoms with E-state index in [-0.39, 0.29) is 17.3 Å². The summed E-state index contributed by atoms with van der Waals surface area (Å²) in [7, 11) is 0. The van der Waals surface area contributed by atoms with Gasteiger partial charge in [-0.05, 0) is 72.8 Å². The average Bonchev–Trinajstić information content (AvgIpc) is 2.99. The van der Waals surface area contributed by atoms with E-state index in [0.29, 0.717) is 22.6 Å². The summed E-state index contributed by atoms with van der Waals surface area (Å²) >= 11 is 0. The van der Waals surface area contributed by atoms with Gasteiger partial charge >= 0.3 is 0 Å². The Balaban J connectivity index is 1.53. The molecule has 0 aliphatic carbocycles. The van der Waals surface area contributed by atoms with Crippen LogP contribution in [-0.2, 0) is 0 Å². The number of para-hydroxylation sites is 2. The summed E-state index contributed by atoms with van der Waals surface area (Å²) in [5, 5.41) is 22.4. The third kappa shape index (κ3) is 5.39. The van der Waals surface area contributed by atoms with Gasteiger partial charge in [0.1, 0.15) is 0 Å². The molecule has 0 heterocycles. The van der Waals surface area contributed by atoms with E-state index in [4.69, 9.17) is 0 Å². The van der Waals surface area contributed by atoms with Crippen molar-refractivity contribution in [1.82, 2.24) is 0 Å². The summed E-state index contributed by atoms with van der Waals surface area (Å²) in [6, 6.07) is 37.6. The van der Waals surface area contributed by atoms with Crippen LogP contribution in [0, 0.1) is 20.2 Å². The van der Waals surface area contributed by atoms with Crippen molar-refractivity contribution in [3.05, 3.63) is 159 Å². The first-order valence-electron chi connectivity index (χ1n) is 12.3. The standard InChI is InChI=1S/C31H22N4O5/c36-31(33(24-7-3-1-4-8-24)25-9-5-2-6-10-25)23-11-13-26(14-12-23)32(27-15-19-29(20-16-27)34(37)38)28-17-21-30(22-18-28)35(39)40/h1-22H. The number of hydrogen-bond donors (Lipinski definition) is 0. The SMILES string of the molecule is O=C(c1ccc(N(c2ccc([N+](=O)[O-])cc2)c2ccc([N+](=O)[O-])cc2)cc1)N(c1ccccc1)c1ccccc1. The van der Waals surface area contributed by atoms with Gasteiger partial charge in [0.05, 0.1) is 9.85 Å². The first-order chi connectivity index (χ1) is 19.4. The highest BCUT2D eigenvalue weighted by Gasteiger charge is 2.21. The Morgan fingerprint density at radius 3 is 1.18 bits per heavy atom. The predicted octanol–water partition coefficient (Wildman–Crippen LogP) is 7.95. The number of non-ortho nitro benzene ring substituents is 2. The number of hydrogen-bond acceptors (Lipinski definition) is 6. The second-order valence-electron chi connectivity index (χ2n) is 8.74. The molecule has 0 atom stereocenters. The van der Waals surface area contributed by atoms with Crippen molar-refractivity contribution in [2.24, 2.45) is 0 Å². The summed E-state index contributed by atoms with van der Waals surface area (Å²) in [5.41, 5.74) is 3.64. The fraction of sp³-hybridized carbons (Fsp3) is 0. The van der Waals surface area contributed by atoms with E-state index in [1.807, 2.05) is 60.7 Å². The number of carbonyl (C=O) groups is 1. The zero-order chi connectivity index (χ0) is 28.1. The van der Waals surface area contributed by atoms with Crippen LogP contribution < -0.4 is 9.80 Å². The maximum atomic E-state index is 13.8. The number of anilines is 5. The molecule has 0 saturated carbocycles. The fourth-order valence-corrected chi connectivity index (χ4v) is 4.31. The van der Waals surface area contributed by atoms with Crippen LogP contribution in [0.1, 0.15) is 10.4 Å². The molecule has 0 bridgehead atoms. The molecular formula is C31H22N4O5. The van der Waals surface area contributed by atoms with Gasteiger partial charge in [-0.2, -0.15) is 0 Å². The van der Waals surface area contributed by atoms with Crippen LogP contribution >= 0.6 is 0 Å². The van der Waals surface area contributed by atoms with Crippen LogP contribution in [0.3, 0.4) is 0 Å². The number of carbonyl (C=O) groups excluding carboxylic acids is 1. The zero-order valence-electron chi connectivity index (χ0n) is 21.0. The molecule has 0 fully saturated rings. The van der Waals surface area contributed by atoms with Crippen molar-refractivity contribution in [2.75, 3.05) is 9.80 Å². The second-order valence-corrected chi connectivity index (χ2v) is 8.74. The number of nitrogens with zero attached hydrogens (tertiary/aromatic N) is 4. The minimum atomic E-state index is -0.481. The smallest absolute Gasteiger partial charge is 0.269 e. The summed E-state index contributed by atoms with van der Waals surface area (Å²) in [5.74, 6) is -0.221. The topological polar surface area (TPSA) is 110 Å². The van der Waals surface area contributed by atoms with Crippen molar-refractivity contribution in [3.8, 4) is 0 Å². The van der Waals surface area contributed by atoms with Crippen molar-refractivity contribution in [1.29, 1.82) is 0 Å². The Morgan fingerprint density at radius 2 is 0.825 bits per heavy atom. The normalized spacial score (nSPS) is 10.5. The highest BCUT2D eigenvalue weighted by molar-refractivity contribution is 6.11. The molecule has 5 aromatic rings. The third-order valence-corrected chi connectivity index (χ3v) is 6.24. The molecule has 0 saturated heterocycles. The van der Waals surface area contributed by atoms with Gasteiger partial charge in [-0.25, -0.2) is 0 Å². The number of nitro groups is 2. The predicted molar refractivity (Wildman–Crippen MR) is 154 cm³/mol. The molecule has 0 radical (unpaired) electrons. The molecule has 9 heteroatoms. The molecule has 0 unspecified atom stereocenters. The van der Waals surface area contributed by atoms with E-state index in [2.05, 4.69) is 0 Å². The minimum Gasteiger partial charge on any atom is -0.310 e. The Kier molecular flexibility index (Phi) is 7.28. The van der Waals surface area contributed by atoms with Gasteiger partial charge in [-0.1, -0.05) is 36.4 Å². The van der Waals surface area contributed by atoms with Crippen molar-refractivity contribution < 1.29 is 14.6 Å². The number of benzene rings is 5. The van der Waals surface area contributed by atoms with Crippen LogP contribution in [0.15, 0.2) is 133 Å². The number of rotatable bonds is 8. The lowest BCUT2D eigenvalue weighted by Crippen LogP contribution is -2.25. The van der Waals surface area contributed by atoms with Gasteiger partial charge in [-0.15, -0.1) is 0 Å². The first-order valence-corrected chi connectivity index (χ1v) is 12.3. The third-order valence-electron chi connectivity index (χ3n) is 6.24. The molecule has 9 nitrogen and oxygen atoms in total. The number of nitro benzene ring substituents is 2. The zero-order valence-corrected chi connectivity index (χ0v) is 21.0. The summed E-state index contributed by atoms with van der Waals surface area (Å²) in [4.78, 5) is 38.6. The molecule has 5 aromatic carbocycles. The maximum Gasteiger partial charge on any atom is 0.269 e. The Hall–Kier alpha value is -5.83. The fourth-order valence-electron chi connectivity index (χ4n) is 4.31. The molecule has 1 amide bonds. The van der Waals surface area contributed by atoms with E-state index >= 15 is 0 Å². The summed E-state index contributed by atoms with van der Waals surface area (Å²) in [6.45, 7) is 0.